The van der Waals surface area contributed by atoms with Gasteiger partial charge in [0.1, 0.15) is 0 Å². The maximum absolute atomic E-state index is 4.82. The van der Waals surface area contributed by atoms with E-state index in [1.807, 2.05) is 17.9 Å². The topological polar surface area (TPSA) is 57.5 Å². The maximum atomic E-state index is 4.82. The Morgan fingerprint density at radius 3 is 2.71 bits per heavy atom. The van der Waals surface area contributed by atoms with Gasteiger partial charge in [-0.2, -0.15) is 5.10 Å². The molecule has 0 spiro atoms. The third kappa shape index (κ3) is 5.75. The van der Waals surface area contributed by atoms with Gasteiger partial charge in [0.25, 0.3) is 0 Å². The SMILES string of the molecule is CCNC(=NCCc1cc(C)cc(C)c1)NC1CCCN(c2cnn(C)c2)C1. The summed E-state index contributed by atoms with van der Waals surface area (Å²) < 4.78 is 1.87. The summed E-state index contributed by atoms with van der Waals surface area (Å²) in [4.78, 5) is 7.23. The number of aryl methyl sites for hydroxylation is 3. The molecule has 1 aliphatic rings. The second kappa shape index (κ2) is 9.62. The van der Waals surface area contributed by atoms with Gasteiger partial charge in [-0.3, -0.25) is 9.67 Å². The Kier molecular flexibility index (Phi) is 6.95. The van der Waals surface area contributed by atoms with Crippen molar-refractivity contribution >= 4 is 11.6 Å². The summed E-state index contributed by atoms with van der Waals surface area (Å²) in [6.45, 7) is 10.2. The van der Waals surface area contributed by atoms with Crippen molar-refractivity contribution in [2.45, 2.75) is 46.1 Å². The lowest BCUT2D eigenvalue weighted by molar-refractivity contribution is 0.468. The van der Waals surface area contributed by atoms with Crippen LogP contribution in [-0.2, 0) is 13.5 Å². The molecular formula is C22H34N6. The van der Waals surface area contributed by atoms with Crippen molar-refractivity contribution in [1.29, 1.82) is 0 Å². The first-order valence-electron chi connectivity index (χ1n) is 10.4. The number of guanidine groups is 1. The molecule has 0 saturated carbocycles. The standard InChI is InChI=1S/C22H34N6/c1-5-23-22(24-9-8-19-12-17(2)11-18(3)13-19)26-20-7-6-10-28(15-20)21-14-25-27(4)16-21/h11-14,16,20H,5-10,15H2,1-4H3,(H2,23,24,26). The average molecular weight is 383 g/mol. The molecule has 1 unspecified atom stereocenters. The largest absolute Gasteiger partial charge is 0.367 e. The maximum Gasteiger partial charge on any atom is 0.191 e. The molecule has 0 bridgehead atoms. The van der Waals surface area contributed by atoms with Gasteiger partial charge in [0.05, 0.1) is 11.9 Å². The first-order chi connectivity index (χ1) is 13.5. The van der Waals surface area contributed by atoms with Crippen molar-refractivity contribution in [2.75, 3.05) is 31.1 Å². The Morgan fingerprint density at radius 2 is 2.04 bits per heavy atom. The lowest BCUT2D eigenvalue weighted by Gasteiger charge is -2.34. The Bertz CT molecular complexity index is 774. The highest BCUT2D eigenvalue weighted by atomic mass is 15.3. The molecule has 0 aliphatic carbocycles. The van der Waals surface area contributed by atoms with Gasteiger partial charge in [-0.25, -0.2) is 0 Å². The summed E-state index contributed by atoms with van der Waals surface area (Å²) in [6.07, 6.45) is 7.34. The van der Waals surface area contributed by atoms with Crippen LogP contribution in [0.4, 0.5) is 5.69 Å². The lowest BCUT2D eigenvalue weighted by atomic mass is 10.1. The molecule has 2 heterocycles. The van der Waals surface area contributed by atoms with Crippen LogP contribution >= 0.6 is 0 Å². The van der Waals surface area contributed by atoms with Gasteiger partial charge in [-0.15, -0.1) is 0 Å². The molecule has 0 amide bonds. The molecule has 1 atom stereocenters. The van der Waals surface area contributed by atoms with Crippen LogP contribution in [-0.4, -0.2) is 48.0 Å². The van der Waals surface area contributed by atoms with Gasteiger partial charge < -0.3 is 15.5 Å². The Hall–Kier alpha value is -2.50. The summed E-state index contributed by atoms with van der Waals surface area (Å²) in [5, 5.41) is 11.4. The zero-order valence-corrected chi connectivity index (χ0v) is 17.7. The van der Waals surface area contributed by atoms with Crippen molar-refractivity contribution in [3.05, 3.63) is 47.3 Å². The van der Waals surface area contributed by atoms with Gasteiger partial charge >= 0.3 is 0 Å². The number of hydrogen-bond donors (Lipinski definition) is 2. The molecule has 1 aromatic carbocycles. The van der Waals surface area contributed by atoms with Crippen LogP contribution in [0.25, 0.3) is 0 Å². The van der Waals surface area contributed by atoms with E-state index in [1.54, 1.807) is 0 Å². The number of hydrogen-bond acceptors (Lipinski definition) is 3. The smallest absolute Gasteiger partial charge is 0.191 e. The van der Waals surface area contributed by atoms with Crippen molar-refractivity contribution in [2.24, 2.45) is 12.0 Å². The summed E-state index contributed by atoms with van der Waals surface area (Å²) in [7, 11) is 1.97. The number of benzene rings is 1. The van der Waals surface area contributed by atoms with Gasteiger partial charge in [0.15, 0.2) is 5.96 Å². The molecule has 28 heavy (non-hydrogen) atoms. The van der Waals surface area contributed by atoms with Crippen LogP contribution in [0.1, 0.15) is 36.5 Å². The van der Waals surface area contributed by atoms with Crippen LogP contribution in [0.2, 0.25) is 0 Å². The Labute approximate surface area is 169 Å². The van der Waals surface area contributed by atoms with E-state index in [-0.39, 0.29) is 0 Å². The highest BCUT2D eigenvalue weighted by molar-refractivity contribution is 5.80. The number of aliphatic imine (C=N–C) groups is 1. The van der Waals surface area contributed by atoms with E-state index in [9.17, 15) is 0 Å². The predicted octanol–water partition coefficient (Wildman–Crippen LogP) is 2.80. The predicted molar refractivity (Wildman–Crippen MR) is 117 cm³/mol. The van der Waals surface area contributed by atoms with Crippen LogP contribution in [0.5, 0.6) is 0 Å². The lowest BCUT2D eigenvalue weighted by Crippen LogP contribution is -2.51. The van der Waals surface area contributed by atoms with Crippen LogP contribution in [0.15, 0.2) is 35.6 Å². The van der Waals surface area contributed by atoms with Gasteiger partial charge in [-0.1, -0.05) is 29.3 Å². The fourth-order valence-electron chi connectivity index (χ4n) is 3.92. The summed E-state index contributed by atoms with van der Waals surface area (Å²) >= 11 is 0. The van der Waals surface area contributed by atoms with E-state index in [1.165, 1.54) is 28.8 Å². The average Bonchev–Trinajstić information content (AvgIpc) is 3.08. The molecule has 0 radical (unpaired) electrons. The van der Waals surface area contributed by atoms with Crippen molar-refractivity contribution in [3.63, 3.8) is 0 Å². The fourth-order valence-corrected chi connectivity index (χ4v) is 3.92. The van der Waals surface area contributed by atoms with Gasteiger partial charge in [0, 0.05) is 45.5 Å². The first-order valence-corrected chi connectivity index (χ1v) is 10.4. The van der Waals surface area contributed by atoms with Crippen LogP contribution in [0.3, 0.4) is 0 Å². The quantitative estimate of drug-likeness (QED) is 0.596. The number of anilines is 1. The number of aromatic nitrogens is 2. The molecule has 1 aliphatic heterocycles. The molecule has 1 saturated heterocycles. The molecular weight excluding hydrogens is 348 g/mol. The number of rotatable bonds is 6. The molecule has 6 heteroatoms. The van der Waals surface area contributed by atoms with E-state index in [4.69, 9.17) is 4.99 Å². The van der Waals surface area contributed by atoms with E-state index in [0.717, 1.165) is 45.0 Å². The van der Waals surface area contributed by atoms with E-state index in [2.05, 4.69) is 65.8 Å². The highest BCUT2D eigenvalue weighted by Crippen LogP contribution is 2.19. The van der Waals surface area contributed by atoms with Crippen LogP contribution in [0, 0.1) is 13.8 Å². The van der Waals surface area contributed by atoms with Crippen LogP contribution < -0.4 is 15.5 Å². The molecule has 1 aromatic heterocycles. The third-order valence-corrected chi connectivity index (χ3v) is 5.11. The van der Waals surface area contributed by atoms with E-state index in [0.29, 0.717) is 6.04 Å². The zero-order valence-electron chi connectivity index (χ0n) is 17.7. The summed E-state index contributed by atoms with van der Waals surface area (Å²) in [5.74, 6) is 0.921. The second-order valence-electron chi connectivity index (χ2n) is 7.81. The zero-order chi connectivity index (χ0) is 19.9. The summed E-state index contributed by atoms with van der Waals surface area (Å²) in [5.41, 5.74) is 5.20. The monoisotopic (exact) mass is 382 g/mol. The number of piperidine rings is 1. The molecule has 6 nitrogen and oxygen atoms in total. The molecule has 3 rings (SSSR count). The first kappa shape index (κ1) is 20.2. The molecule has 2 aromatic rings. The normalized spacial score (nSPS) is 17.6. The van der Waals surface area contributed by atoms with Gasteiger partial charge in [-0.05, 0) is 45.6 Å². The van der Waals surface area contributed by atoms with Crippen molar-refractivity contribution < 1.29 is 0 Å². The Morgan fingerprint density at radius 1 is 1.25 bits per heavy atom. The van der Waals surface area contributed by atoms with Gasteiger partial charge in [0.2, 0.25) is 0 Å². The number of nitrogens with zero attached hydrogens (tertiary/aromatic N) is 4. The summed E-state index contributed by atoms with van der Waals surface area (Å²) in [6, 6.07) is 7.13. The van der Waals surface area contributed by atoms with E-state index < -0.39 is 0 Å². The molecule has 2 N–H and O–H groups in total. The minimum absolute atomic E-state index is 0.396. The highest BCUT2D eigenvalue weighted by Gasteiger charge is 2.21. The minimum atomic E-state index is 0.396. The second-order valence-corrected chi connectivity index (χ2v) is 7.81. The fraction of sp³-hybridized carbons (Fsp3) is 0.545. The molecule has 1 fully saturated rings. The van der Waals surface area contributed by atoms with Crippen molar-refractivity contribution in [3.8, 4) is 0 Å². The third-order valence-electron chi connectivity index (χ3n) is 5.11. The molecule has 152 valence electrons. The minimum Gasteiger partial charge on any atom is -0.367 e. The van der Waals surface area contributed by atoms with Crippen molar-refractivity contribution in [1.82, 2.24) is 20.4 Å². The number of nitrogens with one attached hydrogen (secondary N) is 2. The Balaban J connectivity index is 1.57. The van der Waals surface area contributed by atoms with E-state index >= 15 is 0 Å².